The lowest BCUT2D eigenvalue weighted by molar-refractivity contribution is 1.11. The van der Waals surface area contributed by atoms with Gasteiger partial charge in [0.2, 0.25) is 0 Å². The number of rotatable bonds is 7. The molecule has 258 valence electrons. The molecule has 0 fully saturated rings. The second-order valence-corrected chi connectivity index (χ2v) is 13.8. The molecule has 0 saturated carbocycles. The van der Waals surface area contributed by atoms with Crippen LogP contribution in [0.5, 0.6) is 0 Å². The van der Waals surface area contributed by atoms with E-state index in [9.17, 15) is 0 Å². The van der Waals surface area contributed by atoms with Crippen LogP contribution < -0.4 is 0 Å². The lowest BCUT2D eigenvalue weighted by Gasteiger charge is -2.12. The normalized spacial score (nSPS) is 11.3. The number of para-hydroxylation sites is 2. The Labute approximate surface area is 320 Å². The van der Waals surface area contributed by atoms with Gasteiger partial charge in [0.05, 0.1) is 16.6 Å². The van der Waals surface area contributed by atoms with Crippen LogP contribution in [0.2, 0.25) is 0 Å². The van der Waals surface area contributed by atoms with E-state index in [4.69, 9.17) is 9.97 Å². The summed E-state index contributed by atoms with van der Waals surface area (Å²) in [6.45, 7) is 0. The van der Waals surface area contributed by atoms with Crippen LogP contribution >= 0.6 is 0 Å². The van der Waals surface area contributed by atoms with Crippen molar-refractivity contribution in [2.75, 3.05) is 0 Å². The third-order valence-electron chi connectivity index (χ3n) is 10.4. The smallest absolute Gasteiger partial charge is 0.162 e. The van der Waals surface area contributed by atoms with Crippen LogP contribution in [0.3, 0.4) is 0 Å². The highest BCUT2D eigenvalue weighted by molar-refractivity contribution is 6.14. The van der Waals surface area contributed by atoms with Crippen molar-refractivity contribution < 1.29 is 0 Å². The minimum atomic E-state index is 0.687. The fraction of sp³-hybridized carbons (Fsp3) is 0. The molecule has 0 saturated heterocycles. The van der Waals surface area contributed by atoms with Gasteiger partial charge in [0.1, 0.15) is 5.65 Å². The lowest BCUT2D eigenvalue weighted by atomic mass is 9.97. The highest BCUT2D eigenvalue weighted by atomic mass is 15.1. The molecule has 0 N–H and O–H groups in total. The van der Waals surface area contributed by atoms with Crippen molar-refractivity contribution in [3.05, 3.63) is 212 Å². The summed E-state index contributed by atoms with van der Waals surface area (Å²) in [7, 11) is 0. The molecule has 0 bridgehead atoms. The van der Waals surface area contributed by atoms with Crippen LogP contribution in [-0.2, 0) is 0 Å². The van der Waals surface area contributed by atoms with E-state index >= 15 is 0 Å². The number of fused-ring (bicyclic) bond motifs is 3. The Kier molecular flexibility index (Phi) is 8.16. The molecule has 10 rings (SSSR count). The molecule has 3 nitrogen and oxygen atoms in total. The summed E-state index contributed by atoms with van der Waals surface area (Å²) >= 11 is 0. The first-order valence-electron chi connectivity index (χ1n) is 18.7. The summed E-state index contributed by atoms with van der Waals surface area (Å²) in [5.74, 6) is 0.687. The van der Waals surface area contributed by atoms with Crippen LogP contribution in [0.1, 0.15) is 0 Å². The quantitative estimate of drug-likeness (QED) is 0.166. The molecule has 3 heteroatoms. The van der Waals surface area contributed by atoms with Gasteiger partial charge in [-0.15, -0.1) is 0 Å². The van der Waals surface area contributed by atoms with Gasteiger partial charge in [0.25, 0.3) is 0 Å². The molecule has 0 aliphatic heterocycles. The summed E-state index contributed by atoms with van der Waals surface area (Å²) in [6, 6.07) is 75.0. The molecule has 0 aliphatic rings. The summed E-state index contributed by atoms with van der Waals surface area (Å²) < 4.78 is 2.27. The Morgan fingerprint density at radius 3 is 1.27 bits per heavy atom. The number of benzene rings is 8. The Bertz CT molecular complexity index is 2930. The van der Waals surface area contributed by atoms with Crippen LogP contribution in [0.15, 0.2) is 212 Å². The fourth-order valence-corrected chi connectivity index (χ4v) is 7.68. The zero-order valence-corrected chi connectivity index (χ0v) is 30.0. The van der Waals surface area contributed by atoms with Crippen molar-refractivity contribution in [1.29, 1.82) is 0 Å². The lowest BCUT2D eigenvalue weighted by Crippen LogP contribution is -1.99. The first kappa shape index (κ1) is 32.3. The molecule has 10 aromatic rings. The predicted molar refractivity (Wildman–Crippen MR) is 229 cm³/mol. The Morgan fingerprint density at radius 1 is 0.309 bits per heavy atom. The minimum absolute atomic E-state index is 0.687. The second kappa shape index (κ2) is 13.9. The predicted octanol–water partition coefficient (Wildman–Crippen LogP) is 13.6. The van der Waals surface area contributed by atoms with Gasteiger partial charge in [0, 0.05) is 22.2 Å². The maximum Gasteiger partial charge on any atom is 0.162 e. The topological polar surface area (TPSA) is 30.7 Å². The van der Waals surface area contributed by atoms with Crippen molar-refractivity contribution in [2.24, 2.45) is 0 Å². The van der Waals surface area contributed by atoms with E-state index in [1.165, 1.54) is 33.4 Å². The van der Waals surface area contributed by atoms with Crippen LogP contribution in [0.25, 0.3) is 94.8 Å². The van der Waals surface area contributed by atoms with E-state index in [-0.39, 0.29) is 0 Å². The van der Waals surface area contributed by atoms with Crippen molar-refractivity contribution >= 4 is 21.9 Å². The standard InChI is InChI=1S/C52H35N3/c1-4-14-36(15-5-1)42-18-12-20-44(34-42)38-26-30-40(31-27-38)50-49-47-24-10-11-25-48(47)55(46-22-8-3-9-23-46)52(49)54-51(53-50)41-32-28-39(29-33-41)45-21-13-19-43(35-45)37-16-6-2-7-17-37/h1-35H. The van der Waals surface area contributed by atoms with E-state index in [0.717, 1.165) is 55.6 Å². The van der Waals surface area contributed by atoms with Gasteiger partial charge in [-0.2, -0.15) is 0 Å². The zero-order chi connectivity index (χ0) is 36.6. The zero-order valence-electron chi connectivity index (χ0n) is 30.0. The molecule has 0 amide bonds. The van der Waals surface area contributed by atoms with Crippen molar-refractivity contribution in [1.82, 2.24) is 14.5 Å². The van der Waals surface area contributed by atoms with Crippen LogP contribution in [0, 0.1) is 0 Å². The van der Waals surface area contributed by atoms with Gasteiger partial charge >= 0.3 is 0 Å². The first-order chi connectivity index (χ1) is 27.3. The van der Waals surface area contributed by atoms with Gasteiger partial charge in [0.15, 0.2) is 5.82 Å². The summed E-state index contributed by atoms with van der Waals surface area (Å²) in [4.78, 5) is 10.7. The first-order valence-corrected chi connectivity index (χ1v) is 18.7. The van der Waals surface area contributed by atoms with Gasteiger partial charge in [-0.1, -0.05) is 182 Å². The van der Waals surface area contributed by atoms with Gasteiger partial charge in [-0.05, 0) is 74.8 Å². The number of nitrogens with zero attached hydrogens (tertiary/aromatic N) is 3. The maximum atomic E-state index is 5.39. The molecule has 2 heterocycles. The van der Waals surface area contributed by atoms with E-state index in [1.54, 1.807) is 0 Å². The van der Waals surface area contributed by atoms with Crippen LogP contribution in [0.4, 0.5) is 0 Å². The number of hydrogen-bond donors (Lipinski definition) is 0. The average molecular weight is 702 g/mol. The molecule has 8 aromatic carbocycles. The largest absolute Gasteiger partial charge is 0.294 e. The number of hydrogen-bond acceptors (Lipinski definition) is 2. The van der Waals surface area contributed by atoms with E-state index in [0.29, 0.717) is 5.82 Å². The summed E-state index contributed by atoms with van der Waals surface area (Å²) in [5.41, 5.74) is 15.4. The molecule has 2 aromatic heterocycles. The second-order valence-electron chi connectivity index (χ2n) is 13.8. The molecular formula is C52H35N3. The van der Waals surface area contributed by atoms with Crippen molar-refractivity contribution in [3.63, 3.8) is 0 Å². The van der Waals surface area contributed by atoms with Crippen molar-refractivity contribution in [3.8, 4) is 72.8 Å². The average Bonchev–Trinajstić information content (AvgIpc) is 3.61. The Morgan fingerprint density at radius 2 is 0.727 bits per heavy atom. The van der Waals surface area contributed by atoms with E-state index < -0.39 is 0 Å². The maximum absolute atomic E-state index is 5.39. The highest BCUT2D eigenvalue weighted by Crippen LogP contribution is 2.39. The van der Waals surface area contributed by atoms with E-state index in [2.05, 4.69) is 217 Å². The third-order valence-corrected chi connectivity index (χ3v) is 10.4. The summed E-state index contributed by atoms with van der Waals surface area (Å²) in [5, 5.41) is 2.16. The molecule has 0 spiro atoms. The molecule has 0 unspecified atom stereocenters. The summed E-state index contributed by atoms with van der Waals surface area (Å²) in [6.07, 6.45) is 0. The molecule has 0 aliphatic carbocycles. The van der Waals surface area contributed by atoms with Gasteiger partial charge in [-0.25, -0.2) is 9.97 Å². The van der Waals surface area contributed by atoms with Crippen LogP contribution in [-0.4, -0.2) is 14.5 Å². The minimum Gasteiger partial charge on any atom is -0.294 e. The van der Waals surface area contributed by atoms with Crippen molar-refractivity contribution in [2.45, 2.75) is 0 Å². The Balaban J connectivity index is 1.10. The van der Waals surface area contributed by atoms with Gasteiger partial charge in [-0.3, -0.25) is 4.57 Å². The molecule has 0 atom stereocenters. The molecule has 55 heavy (non-hydrogen) atoms. The number of aromatic nitrogens is 3. The third kappa shape index (κ3) is 6.08. The van der Waals surface area contributed by atoms with Gasteiger partial charge < -0.3 is 0 Å². The molecular weight excluding hydrogens is 667 g/mol. The highest BCUT2D eigenvalue weighted by Gasteiger charge is 2.21. The SMILES string of the molecule is c1ccc(-c2cccc(-c3ccc(-c4nc(-c5ccc(-c6cccc(-c7ccccc7)c6)cc5)c5c6ccccc6n(-c6ccccc6)c5n4)cc3)c2)cc1. The monoisotopic (exact) mass is 701 g/mol. The fourth-order valence-electron chi connectivity index (χ4n) is 7.68. The van der Waals surface area contributed by atoms with E-state index in [1.807, 2.05) is 0 Å². The Hall–Kier alpha value is -7.36. The molecule has 0 radical (unpaired) electrons.